The zero-order chi connectivity index (χ0) is 11.2. The van der Waals surface area contributed by atoms with Gasteiger partial charge in [0.2, 0.25) is 0 Å². The Labute approximate surface area is 100 Å². The second kappa shape index (κ2) is 3.17. The van der Waals surface area contributed by atoms with Crippen LogP contribution >= 0.6 is 0 Å². The lowest BCUT2D eigenvalue weighted by Crippen LogP contribution is -2.04. The summed E-state index contributed by atoms with van der Waals surface area (Å²) < 4.78 is 0. The van der Waals surface area contributed by atoms with Gasteiger partial charge < -0.3 is 0 Å². The Morgan fingerprint density at radius 2 is 1.88 bits per heavy atom. The third kappa shape index (κ3) is 1.22. The number of hydrogen-bond donors (Lipinski definition) is 0. The van der Waals surface area contributed by atoms with Gasteiger partial charge in [-0.2, -0.15) is 0 Å². The van der Waals surface area contributed by atoms with E-state index in [1.165, 1.54) is 27.8 Å². The molecule has 4 bridgehead atoms. The average Bonchev–Trinajstić information content (AvgIpc) is 2.31. The van der Waals surface area contributed by atoms with Crippen LogP contribution in [0.15, 0.2) is 53.0 Å². The van der Waals surface area contributed by atoms with E-state index in [2.05, 4.69) is 47.5 Å². The summed E-state index contributed by atoms with van der Waals surface area (Å²) in [5, 5.41) is 0. The Morgan fingerprint density at radius 3 is 2.82 bits per heavy atom. The second-order valence-corrected chi connectivity index (χ2v) is 4.55. The van der Waals surface area contributed by atoms with E-state index < -0.39 is 0 Å². The molecule has 1 aliphatic carbocycles. The highest BCUT2D eigenvalue weighted by Gasteiger charge is 2.19. The van der Waals surface area contributed by atoms with E-state index >= 15 is 0 Å². The van der Waals surface area contributed by atoms with Crippen molar-refractivity contribution in [1.82, 2.24) is 0 Å². The lowest BCUT2D eigenvalue weighted by Gasteiger charge is -2.22. The molecular formula is C16H11N. The van der Waals surface area contributed by atoms with Crippen LogP contribution < -0.4 is 0 Å². The normalized spacial score (nSPS) is 16.8. The van der Waals surface area contributed by atoms with Gasteiger partial charge in [0.1, 0.15) is 0 Å². The van der Waals surface area contributed by atoms with Gasteiger partial charge in [0.05, 0.1) is 5.69 Å². The van der Waals surface area contributed by atoms with Crippen LogP contribution in [-0.2, 0) is 6.42 Å². The maximum absolute atomic E-state index is 4.58. The summed E-state index contributed by atoms with van der Waals surface area (Å²) in [5.74, 6) is 0. The number of benzene rings is 2. The minimum absolute atomic E-state index is 1.00. The molecule has 0 amide bonds. The van der Waals surface area contributed by atoms with E-state index in [1.807, 2.05) is 12.3 Å². The first-order valence-electron chi connectivity index (χ1n) is 5.88. The van der Waals surface area contributed by atoms with Gasteiger partial charge in [-0.3, -0.25) is 4.99 Å². The molecule has 0 aromatic heterocycles. The van der Waals surface area contributed by atoms with Gasteiger partial charge in [0.25, 0.3) is 0 Å². The van der Waals surface area contributed by atoms with E-state index in [-0.39, 0.29) is 0 Å². The molecule has 1 heteroatoms. The van der Waals surface area contributed by atoms with E-state index in [0.29, 0.717) is 0 Å². The molecule has 2 aliphatic heterocycles. The standard InChI is InChI=1S/C16H11N/c1-2-7-15-14(6-1)16-12-4-3-5-13(16)9-11(8-12)10-17-15/h1-8,10H,9H2/b11-10?,16-14?,17-10-,17-15?. The lowest BCUT2D eigenvalue weighted by atomic mass is 9.84. The Kier molecular flexibility index (Phi) is 1.67. The van der Waals surface area contributed by atoms with Crippen molar-refractivity contribution >= 4 is 18.0 Å². The van der Waals surface area contributed by atoms with Gasteiger partial charge >= 0.3 is 0 Å². The van der Waals surface area contributed by atoms with Gasteiger partial charge in [-0.25, -0.2) is 0 Å². The highest BCUT2D eigenvalue weighted by atomic mass is 14.7. The Bertz CT molecular complexity index is 678. The zero-order valence-corrected chi connectivity index (χ0v) is 9.35. The van der Waals surface area contributed by atoms with Crippen LogP contribution in [0.3, 0.4) is 0 Å². The fraction of sp³-hybridized carbons (Fsp3) is 0.0625. The lowest BCUT2D eigenvalue weighted by molar-refractivity contribution is 1.20. The van der Waals surface area contributed by atoms with Crippen molar-refractivity contribution in [3.8, 4) is 11.1 Å². The number of rotatable bonds is 0. The number of nitrogens with zero attached hydrogens (tertiary/aromatic N) is 1. The monoisotopic (exact) mass is 217 g/mol. The first-order chi connectivity index (χ1) is 8.42. The van der Waals surface area contributed by atoms with Gasteiger partial charge in [-0.05, 0) is 40.8 Å². The predicted molar refractivity (Wildman–Crippen MR) is 71.7 cm³/mol. The van der Waals surface area contributed by atoms with Crippen LogP contribution in [0.2, 0.25) is 0 Å². The largest absolute Gasteiger partial charge is 0.256 e. The molecule has 17 heavy (non-hydrogen) atoms. The first-order valence-corrected chi connectivity index (χ1v) is 5.88. The molecule has 0 N–H and O–H groups in total. The third-order valence-corrected chi connectivity index (χ3v) is 3.46. The highest BCUT2D eigenvalue weighted by Crippen LogP contribution is 2.40. The maximum atomic E-state index is 4.58. The first kappa shape index (κ1) is 8.94. The minimum Gasteiger partial charge on any atom is -0.256 e. The summed E-state index contributed by atoms with van der Waals surface area (Å²) in [7, 11) is 0. The Balaban J connectivity index is 2.16. The average molecular weight is 217 g/mol. The van der Waals surface area contributed by atoms with Gasteiger partial charge in [0.15, 0.2) is 0 Å². The quantitative estimate of drug-likeness (QED) is 0.632. The Hall–Kier alpha value is -2.15. The molecule has 0 spiro atoms. The molecule has 80 valence electrons. The molecule has 0 radical (unpaired) electrons. The molecule has 0 atom stereocenters. The van der Waals surface area contributed by atoms with E-state index in [9.17, 15) is 0 Å². The van der Waals surface area contributed by atoms with Crippen molar-refractivity contribution < 1.29 is 0 Å². The van der Waals surface area contributed by atoms with Crippen LogP contribution in [0.1, 0.15) is 11.1 Å². The highest BCUT2D eigenvalue weighted by molar-refractivity contribution is 5.99. The fourth-order valence-electron chi connectivity index (χ4n) is 2.72. The van der Waals surface area contributed by atoms with Crippen LogP contribution in [0.5, 0.6) is 0 Å². The summed E-state index contributed by atoms with van der Waals surface area (Å²) in [6.07, 6.45) is 5.25. The van der Waals surface area contributed by atoms with Crippen molar-refractivity contribution in [2.75, 3.05) is 0 Å². The molecule has 0 saturated carbocycles. The topological polar surface area (TPSA) is 12.4 Å². The third-order valence-electron chi connectivity index (χ3n) is 3.46. The summed E-state index contributed by atoms with van der Waals surface area (Å²) in [5.41, 5.74) is 7.73. The number of para-hydroxylation sites is 1. The predicted octanol–water partition coefficient (Wildman–Crippen LogP) is 4.01. The SMILES string of the molecule is C1=C2/C=N\c3ccccc3-c3c1cccc3C2. The molecular weight excluding hydrogens is 206 g/mol. The van der Waals surface area contributed by atoms with Gasteiger partial charge in [0, 0.05) is 11.8 Å². The van der Waals surface area contributed by atoms with Crippen molar-refractivity contribution in [1.29, 1.82) is 0 Å². The van der Waals surface area contributed by atoms with Crippen LogP contribution in [0, 0.1) is 0 Å². The fourth-order valence-corrected chi connectivity index (χ4v) is 2.72. The van der Waals surface area contributed by atoms with Crippen molar-refractivity contribution in [3.63, 3.8) is 0 Å². The molecule has 0 fully saturated rings. The minimum atomic E-state index is 1.00. The summed E-state index contributed by atoms with van der Waals surface area (Å²) in [6.45, 7) is 0. The summed E-state index contributed by atoms with van der Waals surface area (Å²) >= 11 is 0. The molecule has 0 saturated heterocycles. The molecule has 2 aromatic rings. The molecule has 5 rings (SSSR count). The van der Waals surface area contributed by atoms with Gasteiger partial charge in [-0.15, -0.1) is 0 Å². The molecule has 2 heterocycles. The van der Waals surface area contributed by atoms with Crippen molar-refractivity contribution in [3.05, 3.63) is 59.2 Å². The second-order valence-electron chi connectivity index (χ2n) is 4.55. The number of aliphatic imine (C=N–C) groups is 1. The van der Waals surface area contributed by atoms with E-state index in [0.717, 1.165) is 12.1 Å². The Morgan fingerprint density at radius 1 is 0.941 bits per heavy atom. The summed E-state index contributed by atoms with van der Waals surface area (Å²) in [4.78, 5) is 4.58. The van der Waals surface area contributed by atoms with E-state index in [4.69, 9.17) is 0 Å². The van der Waals surface area contributed by atoms with Crippen LogP contribution in [-0.4, -0.2) is 6.21 Å². The zero-order valence-electron chi connectivity index (χ0n) is 9.35. The van der Waals surface area contributed by atoms with E-state index in [1.54, 1.807) is 0 Å². The molecule has 2 aromatic carbocycles. The van der Waals surface area contributed by atoms with Crippen molar-refractivity contribution in [2.45, 2.75) is 6.42 Å². The van der Waals surface area contributed by atoms with Crippen LogP contribution in [0.4, 0.5) is 5.69 Å². The molecule has 1 nitrogen and oxygen atoms in total. The number of hydrogen-bond acceptors (Lipinski definition) is 1. The van der Waals surface area contributed by atoms with Crippen LogP contribution in [0.25, 0.3) is 17.2 Å². The van der Waals surface area contributed by atoms with Crippen molar-refractivity contribution in [2.24, 2.45) is 4.99 Å². The molecule has 3 aliphatic rings. The smallest absolute Gasteiger partial charge is 0.0708 e. The molecule has 0 unspecified atom stereocenters. The number of allylic oxidation sites excluding steroid dienone is 1. The van der Waals surface area contributed by atoms with Gasteiger partial charge in [-0.1, -0.05) is 36.4 Å². The maximum Gasteiger partial charge on any atom is 0.0708 e. The summed E-state index contributed by atoms with van der Waals surface area (Å²) in [6, 6.07) is 14.9.